The molecule has 25 heavy (non-hydrogen) atoms. The number of hydrogen-bond donors (Lipinski definition) is 2. The average molecular weight is 332 g/mol. The number of nitrogens with one attached hydrogen (secondary N) is 2. The molecule has 0 fully saturated rings. The van der Waals surface area contributed by atoms with Crippen molar-refractivity contribution in [1.29, 1.82) is 0 Å². The molecule has 2 aromatic carbocycles. The number of carbonyl (C=O) groups is 1. The molecule has 0 bridgehead atoms. The second kappa shape index (κ2) is 7.57. The first-order valence-electron chi connectivity index (χ1n) is 8.19. The van der Waals surface area contributed by atoms with Crippen molar-refractivity contribution in [3.63, 3.8) is 0 Å². The molecule has 0 radical (unpaired) electrons. The van der Waals surface area contributed by atoms with E-state index in [1.807, 2.05) is 68.4 Å². The van der Waals surface area contributed by atoms with Crippen molar-refractivity contribution in [2.24, 2.45) is 11.0 Å². The van der Waals surface area contributed by atoms with Crippen LogP contribution in [-0.2, 0) is 0 Å². The molecule has 0 saturated heterocycles. The molecule has 0 saturated carbocycles. The number of anilines is 2. The van der Waals surface area contributed by atoms with Gasteiger partial charge in [-0.25, -0.2) is 4.98 Å². The van der Waals surface area contributed by atoms with Gasteiger partial charge in [-0.3, -0.25) is 10.2 Å². The van der Waals surface area contributed by atoms with Gasteiger partial charge in [-0.05, 0) is 30.2 Å². The lowest BCUT2D eigenvalue weighted by atomic mass is 10.1. The fourth-order valence-electron chi connectivity index (χ4n) is 2.39. The van der Waals surface area contributed by atoms with Crippen molar-refractivity contribution >= 4 is 34.5 Å². The molecule has 0 unspecified atom stereocenters. The third-order valence-electron chi connectivity index (χ3n) is 3.54. The van der Waals surface area contributed by atoms with E-state index >= 15 is 0 Å². The summed E-state index contributed by atoms with van der Waals surface area (Å²) in [6, 6.07) is 18.7. The van der Waals surface area contributed by atoms with Gasteiger partial charge >= 0.3 is 0 Å². The molecule has 1 heterocycles. The Morgan fingerprint density at radius 1 is 1.08 bits per heavy atom. The average Bonchev–Trinajstić information content (AvgIpc) is 2.61. The van der Waals surface area contributed by atoms with Gasteiger partial charge in [-0.1, -0.05) is 50.2 Å². The molecule has 126 valence electrons. The molecule has 0 atom stereocenters. The zero-order valence-corrected chi connectivity index (χ0v) is 14.2. The van der Waals surface area contributed by atoms with E-state index in [-0.39, 0.29) is 5.91 Å². The second-order valence-electron chi connectivity index (χ2n) is 6.03. The highest BCUT2D eigenvalue weighted by Gasteiger charge is 2.13. The van der Waals surface area contributed by atoms with E-state index in [0.717, 1.165) is 16.6 Å². The number of hydrogen-bond acceptors (Lipinski definition) is 4. The van der Waals surface area contributed by atoms with Crippen LogP contribution in [0.1, 0.15) is 24.2 Å². The topological polar surface area (TPSA) is 66.4 Å². The molecule has 1 amide bonds. The smallest absolute Gasteiger partial charge is 0.256 e. The molecule has 0 aliphatic rings. The van der Waals surface area contributed by atoms with Crippen LogP contribution >= 0.6 is 0 Å². The molecule has 1 aromatic heterocycles. The lowest BCUT2D eigenvalue weighted by molar-refractivity contribution is 0.102. The number of fused-ring (bicyclic) bond motifs is 1. The SMILES string of the molecule is CC(C)/C=N/Nc1cc(C(=O)Nc2ccccc2)c2ccccc2n1. The molecule has 3 rings (SSSR count). The summed E-state index contributed by atoms with van der Waals surface area (Å²) in [5.41, 5.74) is 4.95. The van der Waals surface area contributed by atoms with E-state index in [0.29, 0.717) is 17.3 Å². The summed E-state index contributed by atoms with van der Waals surface area (Å²) in [5.74, 6) is 0.684. The molecule has 0 aliphatic heterocycles. The molecule has 5 heteroatoms. The minimum atomic E-state index is -0.180. The minimum Gasteiger partial charge on any atom is -0.322 e. The van der Waals surface area contributed by atoms with Crippen LogP contribution in [0.15, 0.2) is 65.8 Å². The second-order valence-corrected chi connectivity index (χ2v) is 6.03. The highest BCUT2D eigenvalue weighted by atomic mass is 16.1. The van der Waals surface area contributed by atoms with Crippen LogP contribution in [0.3, 0.4) is 0 Å². The van der Waals surface area contributed by atoms with Crippen LogP contribution in [0.2, 0.25) is 0 Å². The maximum Gasteiger partial charge on any atom is 0.256 e. The first kappa shape index (κ1) is 16.6. The Kier molecular flexibility index (Phi) is 5.04. The maximum absolute atomic E-state index is 12.8. The van der Waals surface area contributed by atoms with E-state index in [2.05, 4.69) is 20.8 Å². The Morgan fingerprint density at radius 2 is 1.80 bits per heavy atom. The summed E-state index contributed by atoms with van der Waals surface area (Å²) < 4.78 is 0. The van der Waals surface area contributed by atoms with Gasteiger partial charge in [0.1, 0.15) is 5.82 Å². The van der Waals surface area contributed by atoms with E-state index in [4.69, 9.17) is 0 Å². The van der Waals surface area contributed by atoms with E-state index in [9.17, 15) is 4.79 Å². The third-order valence-corrected chi connectivity index (χ3v) is 3.54. The monoisotopic (exact) mass is 332 g/mol. The minimum absolute atomic E-state index is 0.180. The first-order valence-corrected chi connectivity index (χ1v) is 8.19. The number of aromatic nitrogens is 1. The Morgan fingerprint density at radius 3 is 2.56 bits per heavy atom. The van der Waals surface area contributed by atoms with Crippen molar-refractivity contribution in [1.82, 2.24) is 4.98 Å². The Balaban J connectivity index is 1.95. The quantitative estimate of drug-likeness (QED) is 0.532. The Labute approximate surface area is 146 Å². The standard InChI is InChI=1S/C20H20N4O/c1-14(2)13-21-24-19-12-17(16-10-6-7-11-18(16)23-19)20(25)22-15-8-4-3-5-9-15/h3-14H,1-2H3,(H,22,25)(H,23,24)/b21-13+. The lowest BCUT2D eigenvalue weighted by Gasteiger charge is -2.10. The van der Waals surface area contributed by atoms with Gasteiger partial charge in [0.25, 0.3) is 5.91 Å². The number of amides is 1. The molecule has 5 nitrogen and oxygen atoms in total. The van der Waals surface area contributed by atoms with Crippen LogP contribution in [0.4, 0.5) is 11.5 Å². The summed E-state index contributed by atoms with van der Waals surface area (Å²) in [6.45, 7) is 4.08. The van der Waals surface area contributed by atoms with Gasteiger partial charge < -0.3 is 5.32 Å². The molecule has 3 aromatic rings. The Hall–Kier alpha value is -3.21. The summed E-state index contributed by atoms with van der Waals surface area (Å²) in [4.78, 5) is 17.3. The van der Waals surface area contributed by atoms with Crippen molar-refractivity contribution in [3.8, 4) is 0 Å². The number of rotatable bonds is 5. The van der Waals surface area contributed by atoms with E-state index in [1.165, 1.54) is 0 Å². The predicted molar refractivity (Wildman–Crippen MR) is 103 cm³/mol. The predicted octanol–water partition coefficient (Wildman–Crippen LogP) is 4.54. The van der Waals surface area contributed by atoms with Crippen LogP contribution < -0.4 is 10.7 Å². The van der Waals surface area contributed by atoms with E-state index < -0.39 is 0 Å². The molecular formula is C20H20N4O. The van der Waals surface area contributed by atoms with Gasteiger partial charge in [0.05, 0.1) is 11.1 Å². The summed E-state index contributed by atoms with van der Waals surface area (Å²) in [6.07, 6.45) is 1.79. The molecular weight excluding hydrogens is 312 g/mol. The van der Waals surface area contributed by atoms with Gasteiger partial charge in [0.15, 0.2) is 0 Å². The zero-order chi connectivity index (χ0) is 17.6. The number of pyridine rings is 1. The molecule has 0 spiro atoms. The summed E-state index contributed by atoms with van der Waals surface area (Å²) in [7, 11) is 0. The van der Waals surface area contributed by atoms with Crippen LogP contribution in [-0.4, -0.2) is 17.1 Å². The molecule has 0 aliphatic carbocycles. The van der Waals surface area contributed by atoms with Gasteiger partial charge in [0.2, 0.25) is 0 Å². The van der Waals surface area contributed by atoms with Crippen molar-refractivity contribution in [3.05, 3.63) is 66.2 Å². The molecule has 2 N–H and O–H groups in total. The fourth-order valence-corrected chi connectivity index (χ4v) is 2.39. The number of carbonyl (C=O) groups excluding carboxylic acids is 1. The fraction of sp³-hybridized carbons (Fsp3) is 0.150. The normalized spacial score (nSPS) is 11.2. The number of nitrogens with zero attached hydrogens (tertiary/aromatic N) is 2. The van der Waals surface area contributed by atoms with Crippen molar-refractivity contribution < 1.29 is 4.79 Å². The van der Waals surface area contributed by atoms with Crippen molar-refractivity contribution in [2.75, 3.05) is 10.7 Å². The summed E-state index contributed by atoms with van der Waals surface area (Å²) in [5, 5.41) is 7.88. The van der Waals surface area contributed by atoms with Gasteiger partial charge in [-0.15, -0.1) is 0 Å². The van der Waals surface area contributed by atoms with Crippen LogP contribution in [0, 0.1) is 5.92 Å². The third kappa shape index (κ3) is 4.20. The first-order chi connectivity index (χ1) is 12.1. The van der Waals surface area contributed by atoms with E-state index in [1.54, 1.807) is 12.3 Å². The Bertz CT molecular complexity index is 904. The number of benzene rings is 2. The highest BCUT2D eigenvalue weighted by molar-refractivity contribution is 6.12. The maximum atomic E-state index is 12.8. The van der Waals surface area contributed by atoms with Gasteiger partial charge in [-0.2, -0.15) is 5.10 Å². The lowest BCUT2D eigenvalue weighted by Crippen LogP contribution is -2.13. The highest BCUT2D eigenvalue weighted by Crippen LogP contribution is 2.22. The van der Waals surface area contributed by atoms with Crippen LogP contribution in [0.5, 0.6) is 0 Å². The zero-order valence-electron chi connectivity index (χ0n) is 14.2. The largest absolute Gasteiger partial charge is 0.322 e. The summed E-state index contributed by atoms with van der Waals surface area (Å²) >= 11 is 0. The van der Waals surface area contributed by atoms with Gasteiger partial charge in [0, 0.05) is 17.3 Å². The van der Waals surface area contributed by atoms with Crippen LogP contribution in [0.25, 0.3) is 10.9 Å². The number of hydrazone groups is 1. The number of para-hydroxylation sites is 2. The van der Waals surface area contributed by atoms with Crippen molar-refractivity contribution in [2.45, 2.75) is 13.8 Å².